The third-order valence-corrected chi connectivity index (χ3v) is 4.97. The fourth-order valence-electron chi connectivity index (χ4n) is 3.46. The number of nitrogens with zero attached hydrogens (tertiary/aromatic N) is 6. The summed E-state index contributed by atoms with van der Waals surface area (Å²) >= 11 is 0. The monoisotopic (exact) mass is 422 g/mol. The lowest BCUT2D eigenvalue weighted by Gasteiger charge is -2.34. The molecule has 1 amide bonds. The van der Waals surface area contributed by atoms with Crippen LogP contribution in [0.1, 0.15) is 28.5 Å². The van der Waals surface area contributed by atoms with Crippen LogP contribution in [0.25, 0.3) is 0 Å². The maximum Gasteiger partial charge on any atom is 0.356 e. The number of aromatic carboxylic acids is 1. The number of benzene rings is 1. The van der Waals surface area contributed by atoms with Crippen molar-refractivity contribution in [2.75, 3.05) is 26.2 Å². The van der Waals surface area contributed by atoms with E-state index in [1.54, 1.807) is 11.1 Å². The predicted molar refractivity (Wildman–Crippen MR) is 119 cm³/mol. The number of carbonyl (C=O) groups is 2. The van der Waals surface area contributed by atoms with Crippen molar-refractivity contribution in [3.63, 3.8) is 0 Å². The van der Waals surface area contributed by atoms with Gasteiger partial charge in [-0.25, -0.2) is 14.6 Å². The Balaban J connectivity index is 1.53. The predicted octanol–water partition coefficient (Wildman–Crippen LogP) is 2.54. The Labute approximate surface area is 181 Å². The van der Waals surface area contributed by atoms with Crippen molar-refractivity contribution >= 4 is 25.1 Å². The van der Waals surface area contributed by atoms with E-state index in [1.807, 2.05) is 6.92 Å². The van der Waals surface area contributed by atoms with E-state index in [2.05, 4.69) is 51.0 Å². The van der Waals surface area contributed by atoms with Crippen molar-refractivity contribution in [1.82, 2.24) is 19.6 Å². The zero-order valence-corrected chi connectivity index (χ0v) is 17.5. The Morgan fingerprint density at radius 2 is 1.94 bits per heavy atom. The highest BCUT2D eigenvalue weighted by atomic mass is 16.4. The first-order valence-corrected chi connectivity index (χ1v) is 9.98. The molecule has 0 spiro atoms. The molecule has 1 fully saturated rings. The lowest BCUT2D eigenvalue weighted by atomic mass is 10.0. The number of piperazine rings is 1. The molecule has 0 unspecified atom stereocenters. The molecule has 0 radical (unpaired) electrons. The third kappa shape index (κ3) is 6.19. The second kappa shape index (κ2) is 10.4. The summed E-state index contributed by atoms with van der Waals surface area (Å²) in [7, 11) is 0. The van der Waals surface area contributed by atoms with Gasteiger partial charge in [-0.2, -0.15) is 9.78 Å². The quantitative estimate of drug-likeness (QED) is 0.546. The average molecular weight is 422 g/mol. The number of carbonyl (C=O) groups excluding carboxylic acids is 1. The number of hydrogen-bond donors (Lipinski definition) is 1. The summed E-state index contributed by atoms with van der Waals surface area (Å²) in [4.78, 5) is 35.1. The van der Waals surface area contributed by atoms with E-state index >= 15 is 0 Å². The van der Waals surface area contributed by atoms with Crippen LogP contribution in [0.15, 0.2) is 58.3 Å². The lowest BCUT2D eigenvalue weighted by Crippen LogP contribution is -2.49. The van der Waals surface area contributed by atoms with Crippen LogP contribution in [-0.4, -0.2) is 75.9 Å². The molecule has 9 nitrogen and oxygen atoms in total. The summed E-state index contributed by atoms with van der Waals surface area (Å²) in [5.74, 6) is -1.15. The van der Waals surface area contributed by atoms with Gasteiger partial charge in [-0.15, -0.1) is 0 Å². The molecule has 2 aromatic rings. The average Bonchev–Trinajstić information content (AvgIpc) is 3.25. The molecule has 1 aromatic heterocycles. The number of aliphatic imine (C=N–C) groups is 2. The molecule has 1 aliphatic heterocycles. The van der Waals surface area contributed by atoms with Gasteiger partial charge in [-0.1, -0.05) is 29.8 Å². The van der Waals surface area contributed by atoms with Gasteiger partial charge >= 0.3 is 12.0 Å². The molecule has 1 aliphatic rings. The first-order valence-electron chi connectivity index (χ1n) is 9.98. The first kappa shape index (κ1) is 22.1. The van der Waals surface area contributed by atoms with Gasteiger partial charge in [0.25, 0.3) is 0 Å². The Morgan fingerprint density at radius 3 is 2.61 bits per heavy atom. The summed E-state index contributed by atoms with van der Waals surface area (Å²) < 4.78 is 1.09. The van der Waals surface area contributed by atoms with E-state index in [9.17, 15) is 9.59 Å². The van der Waals surface area contributed by atoms with Crippen molar-refractivity contribution in [2.24, 2.45) is 9.98 Å². The van der Waals surface area contributed by atoms with Crippen LogP contribution in [0.4, 0.5) is 4.79 Å². The van der Waals surface area contributed by atoms with Crippen molar-refractivity contribution in [2.45, 2.75) is 19.9 Å². The maximum absolute atomic E-state index is 12.5. The topological polar surface area (TPSA) is 103 Å². The Kier molecular flexibility index (Phi) is 7.45. The van der Waals surface area contributed by atoms with Crippen LogP contribution in [0.2, 0.25) is 0 Å². The van der Waals surface area contributed by atoms with E-state index in [0.29, 0.717) is 13.1 Å². The van der Waals surface area contributed by atoms with Gasteiger partial charge < -0.3 is 10.0 Å². The fourth-order valence-corrected chi connectivity index (χ4v) is 3.46. The Hall–Kier alpha value is -3.59. The van der Waals surface area contributed by atoms with E-state index < -0.39 is 5.97 Å². The standard InChI is InChI=1S/C22H26N6O3/c1-17(14-24-16-23-2)12-18-4-3-5-19(13-18)15-26-8-10-27(11-9-26)22(31)28-7-6-20(25-28)21(29)30/h3-7,13-14,16H,2,8-12,15H2,1H3,(H,29,30)/b17-14+,24-16-. The van der Waals surface area contributed by atoms with Gasteiger partial charge in [0.05, 0.1) is 0 Å². The van der Waals surface area contributed by atoms with Gasteiger partial charge in [0.1, 0.15) is 6.34 Å². The Morgan fingerprint density at radius 1 is 1.19 bits per heavy atom. The molecule has 9 heteroatoms. The van der Waals surface area contributed by atoms with Gasteiger partial charge in [0.2, 0.25) is 0 Å². The molecule has 2 heterocycles. The highest BCUT2D eigenvalue weighted by molar-refractivity contribution is 5.86. The van der Waals surface area contributed by atoms with Crippen LogP contribution in [0.3, 0.4) is 0 Å². The molecule has 0 saturated carbocycles. The van der Waals surface area contributed by atoms with Crippen molar-refractivity contribution in [1.29, 1.82) is 0 Å². The van der Waals surface area contributed by atoms with E-state index in [4.69, 9.17) is 5.11 Å². The first-order chi connectivity index (χ1) is 15.0. The van der Waals surface area contributed by atoms with Crippen LogP contribution in [-0.2, 0) is 13.0 Å². The number of aromatic nitrogens is 2. The summed E-state index contributed by atoms with van der Waals surface area (Å²) in [6.07, 6.45) is 5.41. The van der Waals surface area contributed by atoms with Gasteiger partial charge in [0.15, 0.2) is 5.69 Å². The number of carboxylic acid groups (broad SMARTS) is 1. The molecule has 0 bridgehead atoms. The SMILES string of the molecule is C=N/C=N\C=C(/C)Cc1cccc(CN2CCN(C(=O)n3ccc(C(=O)O)n3)CC2)c1. The highest BCUT2D eigenvalue weighted by Crippen LogP contribution is 2.14. The largest absolute Gasteiger partial charge is 0.476 e. The van der Waals surface area contributed by atoms with E-state index in [1.165, 1.54) is 29.7 Å². The molecule has 0 atom stereocenters. The summed E-state index contributed by atoms with van der Waals surface area (Å²) in [6.45, 7) is 8.82. The second-order valence-electron chi connectivity index (χ2n) is 7.42. The highest BCUT2D eigenvalue weighted by Gasteiger charge is 2.23. The normalized spacial score (nSPS) is 15.4. The molecular weight excluding hydrogens is 396 g/mol. The number of amides is 1. The van der Waals surface area contributed by atoms with E-state index in [-0.39, 0.29) is 11.7 Å². The van der Waals surface area contributed by atoms with Gasteiger partial charge in [-0.3, -0.25) is 9.89 Å². The summed E-state index contributed by atoms with van der Waals surface area (Å²) in [5.41, 5.74) is 3.43. The minimum Gasteiger partial charge on any atom is -0.476 e. The third-order valence-electron chi connectivity index (χ3n) is 4.97. The number of allylic oxidation sites excluding steroid dienone is 1. The molecule has 162 valence electrons. The smallest absolute Gasteiger partial charge is 0.356 e. The van der Waals surface area contributed by atoms with Crippen molar-refractivity contribution in [3.8, 4) is 0 Å². The summed E-state index contributed by atoms with van der Waals surface area (Å²) in [6, 6.07) is 9.49. The maximum atomic E-state index is 12.5. The molecule has 31 heavy (non-hydrogen) atoms. The molecule has 1 N–H and O–H groups in total. The molecule has 1 saturated heterocycles. The van der Waals surface area contributed by atoms with Gasteiger partial charge in [-0.05, 0) is 37.3 Å². The zero-order valence-electron chi connectivity index (χ0n) is 17.5. The number of rotatable bonds is 7. The van der Waals surface area contributed by atoms with Gasteiger partial charge in [0, 0.05) is 45.1 Å². The number of carboxylic acids is 1. The minimum atomic E-state index is -1.15. The van der Waals surface area contributed by atoms with Crippen molar-refractivity contribution in [3.05, 3.63) is 65.1 Å². The second-order valence-corrected chi connectivity index (χ2v) is 7.42. The van der Waals surface area contributed by atoms with Crippen LogP contribution < -0.4 is 0 Å². The molecule has 0 aliphatic carbocycles. The molecular formula is C22H26N6O3. The van der Waals surface area contributed by atoms with Crippen LogP contribution in [0, 0.1) is 0 Å². The molecule has 1 aromatic carbocycles. The fraction of sp³-hybridized carbons (Fsp3) is 0.318. The minimum absolute atomic E-state index is 0.138. The summed E-state index contributed by atoms with van der Waals surface area (Å²) in [5, 5.41) is 12.8. The van der Waals surface area contributed by atoms with Crippen LogP contribution in [0.5, 0.6) is 0 Å². The zero-order chi connectivity index (χ0) is 22.2. The van der Waals surface area contributed by atoms with Crippen molar-refractivity contribution < 1.29 is 14.7 Å². The molecule has 3 rings (SSSR count). The van der Waals surface area contributed by atoms with Crippen LogP contribution >= 0.6 is 0 Å². The number of hydrogen-bond acceptors (Lipinski definition) is 5. The lowest BCUT2D eigenvalue weighted by molar-refractivity contribution is 0.0689. The van der Waals surface area contributed by atoms with E-state index in [0.717, 1.165) is 36.3 Å². The Bertz CT molecular complexity index is 1000.